The van der Waals surface area contributed by atoms with Crippen molar-refractivity contribution in [3.05, 3.63) is 29.8 Å². The molecule has 1 aromatic rings. The molecule has 0 aliphatic heterocycles. The van der Waals surface area contributed by atoms with Crippen LogP contribution in [0.15, 0.2) is 24.3 Å². The first-order chi connectivity index (χ1) is 8.85. The zero-order chi connectivity index (χ0) is 14.5. The van der Waals surface area contributed by atoms with Crippen LogP contribution in [-0.2, 0) is 20.4 Å². The van der Waals surface area contributed by atoms with Crippen LogP contribution in [0.4, 0.5) is 5.69 Å². The van der Waals surface area contributed by atoms with Crippen LogP contribution in [0, 0.1) is 0 Å². The Balaban J connectivity index is 0.00000361. The minimum Gasteiger partial charge on any atom is -0.325 e. The molecule has 0 fully saturated rings. The Hall–Kier alpha value is -1.11. The molecule has 7 heteroatoms. The number of hydrogen-bond donors (Lipinski definition) is 2. The smallest absolute Gasteiger partial charge is 0.238 e. The number of carbonyl (C=O) groups is 1. The lowest BCUT2D eigenvalue weighted by molar-refractivity contribution is -0.115. The van der Waals surface area contributed by atoms with Crippen LogP contribution < -0.4 is 10.6 Å². The molecular weight excluding hydrogens is 300 g/mol. The maximum absolute atomic E-state index is 11.8. The van der Waals surface area contributed by atoms with Crippen molar-refractivity contribution < 1.29 is 13.2 Å². The van der Waals surface area contributed by atoms with Crippen molar-refractivity contribution >= 4 is 33.8 Å². The van der Waals surface area contributed by atoms with Crippen LogP contribution in [-0.4, -0.2) is 33.2 Å². The van der Waals surface area contributed by atoms with Gasteiger partial charge in [0.1, 0.15) is 0 Å². The van der Waals surface area contributed by atoms with Gasteiger partial charge in [0.25, 0.3) is 0 Å². The van der Waals surface area contributed by atoms with Gasteiger partial charge in [0.2, 0.25) is 5.91 Å². The molecule has 1 amide bonds. The van der Waals surface area contributed by atoms with E-state index < -0.39 is 15.1 Å². The molecule has 0 saturated heterocycles. The second-order valence-electron chi connectivity index (χ2n) is 4.63. The predicted octanol–water partition coefficient (Wildman–Crippen LogP) is 1.59. The van der Waals surface area contributed by atoms with Gasteiger partial charge < -0.3 is 10.6 Å². The highest BCUT2D eigenvalue weighted by Crippen LogP contribution is 2.15. The average Bonchev–Trinajstić information content (AvgIpc) is 2.28. The van der Waals surface area contributed by atoms with Gasteiger partial charge >= 0.3 is 0 Å². The molecule has 0 saturated carbocycles. The van der Waals surface area contributed by atoms with Crippen LogP contribution in [0.1, 0.15) is 19.4 Å². The SMILES string of the molecule is CNCC(=O)Nc1cccc(CS(=O)(=O)C(C)C)c1.Cl. The maximum atomic E-state index is 11.8. The highest BCUT2D eigenvalue weighted by Gasteiger charge is 2.16. The molecule has 1 rings (SSSR count). The van der Waals surface area contributed by atoms with Crippen LogP contribution in [0.3, 0.4) is 0 Å². The van der Waals surface area contributed by atoms with Gasteiger partial charge in [-0.15, -0.1) is 12.4 Å². The van der Waals surface area contributed by atoms with Crippen molar-refractivity contribution in [3.8, 4) is 0 Å². The fourth-order valence-corrected chi connectivity index (χ4v) is 2.48. The molecule has 0 radical (unpaired) electrons. The van der Waals surface area contributed by atoms with E-state index in [4.69, 9.17) is 0 Å². The van der Waals surface area contributed by atoms with Crippen molar-refractivity contribution in [2.24, 2.45) is 0 Å². The van der Waals surface area contributed by atoms with Gasteiger partial charge in [-0.2, -0.15) is 0 Å². The Labute approximate surface area is 126 Å². The highest BCUT2D eigenvalue weighted by atomic mass is 35.5. The molecule has 20 heavy (non-hydrogen) atoms. The van der Waals surface area contributed by atoms with E-state index in [9.17, 15) is 13.2 Å². The van der Waals surface area contributed by atoms with E-state index in [1.165, 1.54) is 0 Å². The summed E-state index contributed by atoms with van der Waals surface area (Å²) in [7, 11) is -1.45. The van der Waals surface area contributed by atoms with Crippen molar-refractivity contribution in [1.82, 2.24) is 5.32 Å². The van der Waals surface area contributed by atoms with Gasteiger partial charge in [0, 0.05) is 5.69 Å². The fraction of sp³-hybridized carbons (Fsp3) is 0.462. The predicted molar refractivity (Wildman–Crippen MR) is 84.0 cm³/mol. The number of sulfone groups is 1. The van der Waals surface area contributed by atoms with Crippen molar-refractivity contribution in [2.45, 2.75) is 24.9 Å². The van der Waals surface area contributed by atoms with Crippen molar-refractivity contribution in [1.29, 1.82) is 0 Å². The monoisotopic (exact) mass is 320 g/mol. The second-order valence-corrected chi connectivity index (χ2v) is 7.19. The largest absolute Gasteiger partial charge is 0.325 e. The summed E-state index contributed by atoms with van der Waals surface area (Å²) >= 11 is 0. The average molecular weight is 321 g/mol. The van der Waals surface area contributed by atoms with E-state index in [-0.39, 0.29) is 30.6 Å². The maximum Gasteiger partial charge on any atom is 0.238 e. The number of hydrogen-bond acceptors (Lipinski definition) is 4. The summed E-state index contributed by atoms with van der Waals surface area (Å²) in [6, 6.07) is 6.90. The summed E-state index contributed by atoms with van der Waals surface area (Å²) in [5.74, 6) is -0.174. The summed E-state index contributed by atoms with van der Waals surface area (Å²) in [6.45, 7) is 3.54. The highest BCUT2D eigenvalue weighted by molar-refractivity contribution is 7.91. The molecule has 0 aliphatic carbocycles. The van der Waals surface area contributed by atoms with Gasteiger partial charge in [0.15, 0.2) is 9.84 Å². The second kappa shape index (κ2) is 8.24. The normalized spacial score (nSPS) is 11.0. The summed E-state index contributed by atoms with van der Waals surface area (Å²) in [5, 5.41) is 5.04. The van der Waals surface area contributed by atoms with Crippen LogP contribution in [0.5, 0.6) is 0 Å². The Kier molecular flexibility index (Phi) is 7.78. The first-order valence-electron chi connectivity index (χ1n) is 6.10. The number of nitrogens with one attached hydrogen (secondary N) is 2. The van der Waals surface area contributed by atoms with E-state index in [2.05, 4.69) is 10.6 Å². The van der Waals surface area contributed by atoms with Crippen LogP contribution in [0.25, 0.3) is 0 Å². The fourth-order valence-electron chi connectivity index (χ4n) is 1.50. The Bertz CT molecular complexity index is 544. The molecule has 0 aliphatic rings. The standard InChI is InChI=1S/C13H20N2O3S.ClH/c1-10(2)19(17,18)9-11-5-4-6-12(7-11)15-13(16)8-14-3;/h4-7,10,14H,8-9H2,1-3H3,(H,15,16);1H. The summed E-state index contributed by atoms with van der Waals surface area (Å²) in [5.41, 5.74) is 1.28. The molecule has 0 spiro atoms. The lowest BCUT2D eigenvalue weighted by atomic mass is 10.2. The van der Waals surface area contributed by atoms with Gasteiger partial charge in [-0.25, -0.2) is 8.42 Å². The van der Waals surface area contributed by atoms with E-state index >= 15 is 0 Å². The lowest BCUT2D eigenvalue weighted by Crippen LogP contribution is -2.25. The van der Waals surface area contributed by atoms with Crippen LogP contribution >= 0.6 is 12.4 Å². The third-order valence-corrected chi connectivity index (χ3v) is 4.81. The number of halogens is 1. The Morgan fingerprint density at radius 3 is 2.50 bits per heavy atom. The number of benzene rings is 1. The van der Waals surface area contributed by atoms with Crippen molar-refractivity contribution in [3.63, 3.8) is 0 Å². The quantitative estimate of drug-likeness (QED) is 0.834. The third kappa shape index (κ3) is 5.90. The van der Waals surface area contributed by atoms with Gasteiger partial charge in [-0.3, -0.25) is 4.79 Å². The molecule has 2 N–H and O–H groups in total. The molecule has 0 heterocycles. The molecule has 1 aromatic carbocycles. The number of amides is 1. The van der Waals surface area contributed by atoms with E-state index in [0.717, 1.165) is 0 Å². The molecule has 0 bridgehead atoms. The number of carbonyl (C=O) groups excluding carboxylic acids is 1. The molecular formula is C13H21ClN2O3S. The molecule has 0 atom stereocenters. The first-order valence-corrected chi connectivity index (χ1v) is 7.81. The van der Waals surface area contributed by atoms with E-state index in [1.54, 1.807) is 45.2 Å². The Morgan fingerprint density at radius 1 is 1.30 bits per heavy atom. The number of anilines is 1. The summed E-state index contributed by atoms with van der Waals surface area (Å²) in [6.07, 6.45) is 0. The van der Waals surface area contributed by atoms with Crippen LogP contribution in [0.2, 0.25) is 0 Å². The van der Waals surface area contributed by atoms with E-state index in [1.807, 2.05) is 0 Å². The zero-order valence-electron chi connectivity index (χ0n) is 11.8. The van der Waals surface area contributed by atoms with Gasteiger partial charge in [-0.1, -0.05) is 12.1 Å². The molecule has 0 unspecified atom stereocenters. The summed E-state index contributed by atoms with van der Waals surface area (Å²) in [4.78, 5) is 11.4. The molecule has 114 valence electrons. The topological polar surface area (TPSA) is 75.3 Å². The minimum atomic E-state index is -3.13. The minimum absolute atomic E-state index is 0. The summed E-state index contributed by atoms with van der Waals surface area (Å²) < 4.78 is 23.7. The molecule has 0 aromatic heterocycles. The zero-order valence-corrected chi connectivity index (χ0v) is 13.5. The van der Waals surface area contributed by atoms with E-state index in [0.29, 0.717) is 11.3 Å². The molecule has 5 nitrogen and oxygen atoms in total. The number of likely N-dealkylation sites (N-methyl/N-ethyl adjacent to an activating group) is 1. The first kappa shape index (κ1) is 18.9. The van der Waals surface area contributed by atoms with Gasteiger partial charge in [0.05, 0.1) is 17.5 Å². The third-order valence-electron chi connectivity index (χ3n) is 2.63. The Morgan fingerprint density at radius 2 is 1.95 bits per heavy atom. The van der Waals surface area contributed by atoms with Gasteiger partial charge in [-0.05, 0) is 38.6 Å². The number of rotatable bonds is 6. The lowest BCUT2D eigenvalue weighted by Gasteiger charge is -2.10. The van der Waals surface area contributed by atoms with Crippen molar-refractivity contribution in [2.75, 3.05) is 18.9 Å².